The highest BCUT2D eigenvalue weighted by Gasteiger charge is 2.47. The van der Waals surface area contributed by atoms with Crippen molar-refractivity contribution >= 4 is 94.7 Å². The number of H-pyrrole nitrogens is 1. The number of carbonyl (C=O) groups excluding carboxylic acids is 13. The van der Waals surface area contributed by atoms with E-state index in [-0.39, 0.29) is 146 Å². The van der Waals surface area contributed by atoms with Gasteiger partial charge in [-0.1, -0.05) is 94.3 Å². The first-order valence-electron chi connectivity index (χ1n) is 39.2. The number of aliphatic hydroxyl groups excluding tert-OH is 1. The summed E-state index contributed by atoms with van der Waals surface area (Å²) in [6, 6.07) is 2.51. The molecular weight excluding hydrogens is 1480 g/mol. The fourth-order valence-electron chi connectivity index (χ4n) is 14.5. The second kappa shape index (κ2) is 45.4. The van der Waals surface area contributed by atoms with Gasteiger partial charge in [-0.25, -0.2) is 9.78 Å². The van der Waals surface area contributed by atoms with Crippen LogP contribution in [0.4, 0.5) is 0 Å². The number of benzene rings is 2. The molecule has 4 aliphatic rings. The molecule has 13 amide bonds. The molecule has 23 N–H and O–H groups in total. The maximum atomic E-state index is 14.9. The third kappa shape index (κ3) is 27.2. The SMILES string of the molecule is CCCC[C@H](NC(=O)[C@@H]1CCCN1C(=O)CNC(=O)[C@H](CCCCN)NC(=O)[C@H](Cc1cnc[nH]1)NC(=O)[C@H](CO)NC(=O)[C@H](CC(C)C)NC(=O)[C@H](CCCN=C(N)N)NC(=O)[C@@H]1CCCN1C(=O)[C@H](CCCN=C(N)N)NC(=O)[C@@H]1CCC(=O)N1)C(=O)N1CC[C@H](c2ccccc2)[C@@H]1C(=O)N[C@@H](Cc1ccccc1)C(=O)O. The van der Waals surface area contributed by atoms with E-state index < -0.39 is 168 Å². The summed E-state index contributed by atoms with van der Waals surface area (Å²) in [6.45, 7) is 4.40. The molecule has 2 aromatic carbocycles. The number of aromatic amines is 1. The minimum atomic E-state index is -1.78. The summed E-state index contributed by atoms with van der Waals surface area (Å²) in [7, 11) is 0. The third-order valence-electron chi connectivity index (χ3n) is 20.5. The lowest BCUT2D eigenvalue weighted by molar-refractivity contribution is -0.145. The molecule has 0 saturated carbocycles. The summed E-state index contributed by atoms with van der Waals surface area (Å²) in [6.07, 6.45) is 6.46. The molecule has 13 atom stereocenters. The predicted molar refractivity (Wildman–Crippen MR) is 417 cm³/mol. The van der Waals surface area contributed by atoms with E-state index in [9.17, 15) is 77.3 Å². The Morgan fingerprint density at radius 2 is 1.09 bits per heavy atom. The van der Waals surface area contributed by atoms with E-state index in [1.807, 2.05) is 25.1 Å². The largest absolute Gasteiger partial charge is 0.480 e. The minimum Gasteiger partial charge on any atom is -0.480 e. The standard InChI is InChI=1S/C76H114N22O16/c1-4-5-22-52(73(112)98-36-30-48(46-20-10-7-11-21-46)62(98)71(110)94-56(74(113)114)38-45-18-8-6-9-19-45)91-69(108)58-26-16-34-96(58)61(101)41-85-63(102)49(23-12-13-31-77)88-67(106)55(39-47-40-82-43-86-47)93-68(107)57(42-99)95-66(105)54(37-44(2)3)92-64(103)50(24-14-32-83-75(78)79)89-70(109)59-27-17-35-97(59)72(111)53(25-15-33-84-76(80)81)90-65(104)51-28-29-60(100)87-51/h6-11,18-21,40,43-44,48-59,62,99H,4-5,12-17,22-39,41-42,77H2,1-3H3,(H,82,86)(H,85,102)(H,87,100)(H,88,106)(H,89,109)(H,90,104)(H,91,108)(H,92,103)(H,93,107)(H,94,110)(H,95,105)(H,113,114)(H4,78,79,83)(H4,80,81,84)/t48-,49+,50+,51+,52+,53+,54+,55+,56+,57+,58+,59+,62-/m1/s1. The van der Waals surface area contributed by atoms with E-state index >= 15 is 0 Å². The number of carboxylic acid groups (broad SMARTS) is 1. The van der Waals surface area contributed by atoms with Crippen LogP contribution in [0.2, 0.25) is 0 Å². The molecule has 0 bridgehead atoms. The molecular formula is C76H114N22O16. The topological polar surface area (TPSA) is 593 Å². The van der Waals surface area contributed by atoms with Crippen LogP contribution in [0.25, 0.3) is 0 Å². The number of imidazole rings is 1. The van der Waals surface area contributed by atoms with Crippen LogP contribution < -0.4 is 81.8 Å². The first-order chi connectivity index (χ1) is 54.6. The van der Waals surface area contributed by atoms with Gasteiger partial charge in [-0.2, -0.15) is 0 Å². The molecule has 5 heterocycles. The van der Waals surface area contributed by atoms with E-state index in [1.54, 1.807) is 56.3 Å². The van der Waals surface area contributed by atoms with Crippen LogP contribution in [-0.4, -0.2) is 254 Å². The van der Waals surface area contributed by atoms with Gasteiger partial charge in [0.1, 0.15) is 72.5 Å². The quantitative estimate of drug-likeness (QED) is 0.0148. The number of carboxylic acids is 1. The number of rotatable bonds is 45. The fourth-order valence-corrected chi connectivity index (χ4v) is 14.5. The number of nitrogens with one attached hydrogen (secondary N) is 11. The maximum absolute atomic E-state index is 14.9. The van der Waals surface area contributed by atoms with Crippen LogP contribution in [-0.2, 0) is 80.0 Å². The van der Waals surface area contributed by atoms with Gasteiger partial charge < -0.3 is 112 Å². The van der Waals surface area contributed by atoms with Gasteiger partial charge in [-0.15, -0.1) is 0 Å². The highest BCUT2D eigenvalue weighted by Crippen LogP contribution is 2.35. The van der Waals surface area contributed by atoms with Crippen molar-refractivity contribution in [2.45, 2.75) is 228 Å². The van der Waals surface area contributed by atoms with Crippen molar-refractivity contribution in [1.82, 2.24) is 77.8 Å². The number of aromatic nitrogens is 2. The van der Waals surface area contributed by atoms with Gasteiger partial charge in [0, 0.05) is 69.8 Å². The van der Waals surface area contributed by atoms with Gasteiger partial charge in [0.25, 0.3) is 0 Å². The smallest absolute Gasteiger partial charge is 0.326 e. The highest BCUT2D eigenvalue weighted by molar-refractivity contribution is 6.00. The predicted octanol–water partition coefficient (Wildman–Crippen LogP) is -3.62. The lowest BCUT2D eigenvalue weighted by Crippen LogP contribution is -2.61. The number of aliphatic carboxylic acids is 1. The molecule has 38 heteroatoms. The molecule has 3 aromatic rings. The van der Waals surface area contributed by atoms with Crippen LogP contribution >= 0.6 is 0 Å². The van der Waals surface area contributed by atoms with Crippen LogP contribution in [0.3, 0.4) is 0 Å². The van der Waals surface area contributed by atoms with E-state index in [2.05, 4.69) is 73.1 Å². The zero-order valence-corrected chi connectivity index (χ0v) is 65.0. The van der Waals surface area contributed by atoms with Crippen molar-refractivity contribution in [2.24, 2.45) is 44.6 Å². The number of nitrogens with two attached hydrogens (primary N) is 5. The summed E-state index contributed by atoms with van der Waals surface area (Å²) in [5, 5.41) is 47.7. The normalized spacial score (nSPS) is 19.2. The Bertz CT molecular complexity index is 3830. The Morgan fingerprint density at radius 3 is 1.68 bits per heavy atom. The van der Waals surface area contributed by atoms with Crippen molar-refractivity contribution < 1.29 is 77.3 Å². The van der Waals surface area contributed by atoms with Crippen LogP contribution in [0, 0.1) is 5.92 Å². The van der Waals surface area contributed by atoms with Crippen molar-refractivity contribution in [3.8, 4) is 0 Å². The van der Waals surface area contributed by atoms with Gasteiger partial charge in [0.15, 0.2) is 11.9 Å². The summed E-state index contributed by atoms with van der Waals surface area (Å²) >= 11 is 0. The molecule has 0 radical (unpaired) electrons. The Balaban J connectivity index is 1.00. The Kier molecular flexibility index (Phi) is 35.8. The Hall–Kier alpha value is -11.3. The summed E-state index contributed by atoms with van der Waals surface area (Å²) in [5.74, 6) is -12.0. The molecule has 0 spiro atoms. The number of carbonyl (C=O) groups is 14. The summed E-state index contributed by atoms with van der Waals surface area (Å²) in [4.78, 5) is 216. The first-order valence-corrected chi connectivity index (χ1v) is 39.2. The number of likely N-dealkylation sites (tertiary alicyclic amines) is 3. The number of unbranched alkanes of at least 4 members (excludes halogenated alkanes) is 2. The molecule has 624 valence electrons. The minimum absolute atomic E-state index is 0.0120. The molecule has 0 unspecified atom stereocenters. The number of hydrogen-bond donors (Lipinski definition) is 18. The second-order valence-corrected chi connectivity index (χ2v) is 29.5. The van der Waals surface area contributed by atoms with Crippen LogP contribution in [0.1, 0.15) is 159 Å². The van der Waals surface area contributed by atoms with Crippen molar-refractivity contribution in [3.63, 3.8) is 0 Å². The highest BCUT2D eigenvalue weighted by atomic mass is 16.4. The average Bonchev–Trinajstić information content (AvgIpc) is 1.63. The summed E-state index contributed by atoms with van der Waals surface area (Å²) < 4.78 is 0. The third-order valence-corrected chi connectivity index (χ3v) is 20.5. The number of guanidine groups is 2. The number of aliphatic imine (C=N–C) groups is 2. The van der Waals surface area contributed by atoms with Gasteiger partial charge in [-0.3, -0.25) is 72.3 Å². The van der Waals surface area contributed by atoms with E-state index in [0.29, 0.717) is 56.2 Å². The van der Waals surface area contributed by atoms with Crippen molar-refractivity contribution in [3.05, 3.63) is 90.0 Å². The monoisotopic (exact) mass is 1590 g/mol. The molecule has 7 rings (SSSR count). The fraction of sp³-hybridized carbons (Fsp3) is 0.592. The molecule has 4 saturated heterocycles. The second-order valence-electron chi connectivity index (χ2n) is 29.5. The van der Waals surface area contributed by atoms with Gasteiger partial charge in [0.2, 0.25) is 76.8 Å². The van der Waals surface area contributed by atoms with Crippen LogP contribution in [0.5, 0.6) is 0 Å². The number of amides is 13. The molecule has 4 fully saturated rings. The molecule has 0 aliphatic carbocycles. The van der Waals surface area contributed by atoms with Gasteiger partial charge in [-0.05, 0) is 120 Å². The van der Waals surface area contributed by atoms with Crippen molar-refractivity contribution in [1.29, 1.82) is 0 Å². The van der Waals surface area contributed by atoms with Crippen LogP contribution in [0.15, 0.2) is 83.2 Å². The number of aliphatic hydroxyl groups is 1. The molecule has 38 nitrogen and oxygen atoms in total. The lowest BCUT2D eigenvalue weighted by atomic mass is 9.90. The summed E-state index contributed by atoms with van der Waals surface area (Å²) in [5.41, 5.74) is 29.8. The molecule has 114 heavy (non-hydrogen) atoms. The zero-order valence-electron chi connectivity index (χ0n) is 65.0. The number of hydrogen-bond acceptors (Lipinski definition) is 19. The van der Waals surface area contributed by atoms with Gasteiger partial charge in [0.05, 0.1) is 19.5 Å². The maximum Gasteiger partial charge on any atom is 0.326 e. The average molecular weight is 1590 g/mol. The number of nitrogens with zero attached hydrogens (tertiary/aromatic N) is 6. The van der Waals surface area contributed by atoms with E-state index in [0.717, 1.165) is 5.56 Å². The zero-order chi connectivity index (χ0) is 83.0. The van der Waals surface area contributed by atoms with E-state index in [1.165, 1.54) is 27.2 Å². The van der Waals surface area contributed by atoms with Gasteiger partial charge >= 0.3 is 5.97 Å². The molecule has 4 aliphatic heterocycles. The molecule has 1 aromatic heterocycles. The Labute approximate surface area is 661 Å². The Morgan fingerprint density at radius 1 is 0.561 bits per heavy atom. The van der Waals surface area contributed by atoms with Crippen molar-refractivity contribution in [2.75, 3.05) is 52.4 Å². The van der Waals surface area contributed by atoms with E-state index in [4.69, 9.17) is 28.7 Å². The lowest BCUT2D eigenvalue weighted by Gasteiger charge is -2.32. The first kappa shape index (κ1) is 89.9.